The van der Waals surface area contributed by atoms with Gasteiger partial charge < -0.3 is 5.11 Å². The van der Waals surface area contributed by atoms with Gasteiger partial charge in [0, 0.05) is 22.8 Å². The fraction of sp³-hybridized carbons (Fsp3) is 0.214. The Bertz CT molecular complexity index is 518. The summed E-state index contributed by atoms with van der Waals surface area (Å²) in [7, 11) is 0. The van der Waals surface area contributed by atoms with Gasteiger partial charge in [0.1, 0.15) is 5.82 Å². The highest BCUT2D eigenvalue weighted by Crippen LogP contribution is 2.20. The van der Waals surface area contributed by atoms with Crippen molar-refractivity contribution in [1.29, 1.82) is 0 Å². The number of benzene rings is 1. The number of pyridine rings is 1. The fourth-order valence-corrected chi connectivity index (χ4v) is 2.19. The van der Waals surface area contributed by atoms with Gasteiger partial charge in [0.2, 0.25) is 0 Å². The number of aromatic nitrogens is 1. The molecule has 0 saturated carbocycles. The van der Waals surface area contributed by atoms with Crippen LogP contribution in [0.5, 0.6) is 0 Å². The topological polar surface area (TPSA) is 33.1 Å². The Morgan fingerprint density at radius 3 is 2.78 bits per heavy atom. The average molecular weight is 310 g/mol. The van der Waals surface area contributed by atoms with Gasteiger partial charge in [-0.05, 0) is 42.3 Å². The number of hydrogen-bond acceptors (Lipinski definition) is 2. The molecule has 1 atom stereocenters. The van der Waals surface area contributed by atoms with E-state index in [1.807, 2.05) is 18.2 Å². The molecule has 0 aliphatic heterocycles. The number of rotatable bonds is 4. The number of aliphatic hydroxyl groups excluding tert-OH is 1. The molecule has 0 radical (unpaired) electrons. The lowest BCUT2D eigenvalue weighted by atomic mass is 10.0. The van der Waals surface area contributed by atoms with Gasteiger partial charge in [-0.15, -0.1) is 0 Å². The van der Waals surface area contributed by atoms with Gasteiger partial charge in [0.25, 0.3) is 0 Å². The standard InChI is InChI=1S/C14H13BrFNO/c15-14-5-4-11(16)7-10(14)8-13(18)9-12-3-1-2-6-17-12/h1-7,13,18H,8-9H2. The maximum absolute atomic E-state index is 13.1. The smallest absolute Gasteiger partial charge is 0.123 e. The highest BCUT2D eigenvalue weighted by Gasteiger charge is 2.10. The summed E-state index contributed by atoms with van der Waals surface area (Å²) < 4.78 is 13.9. The first-order valence-electron chi connectivity index (χ1n) is 5.67. The first-order chi connectivity index (χ1) is 8.65. The van der Waals surface area contributed by atoms with E-state index >= 15 is 0 Å². The monoisotopic (exact) mass is 309 g/mol. The van der Waals surface area contributed by atoms with Crippen LogP contribution in [0.1, 0.15) is 11.3 Å². The predicted octanol–water partition coefficient (Wildman–Crippen LogP) is 3.13. The average Bonchev–Trinajstić information content (AvgIpc) is 2.35. The van der Waals surface area contributed by atoms with E-state index in [2.05, 4.69) is 20.9 Å². The third-order valence-corrected chi connectivity index (χ3v) is 3.41. The second-order valence-electron chi connectivity index (χ2n) is 4.12. The molecule has 1 aromatic heterocycles. The van der Waals surface area contributed by atoms with Gasteiger partial charge in [0.15, 0.2) is 0 Å². The lowest BCUT2D eigenvalue weighted by Crippen LogP contribution is -2.15. The minimum Gasteiger partial charge on any atom is -0.392 e. The summed E-state index contributed by atoms with van der Waals surface area (Å²) in [4.78, 5) is 4.15. The molecule has 0 amide bonds. The number of aliphatic hydroxyl groups is 1. The Balaban J connectivity index is 2.03. The maximum atomic E-state index is 13.1. The Kier molecular flexibility index (Phi) is 4.44. The van der Waals surface area contributed by atoms with Crippen molar-refractivity contribution >= 4 is 15.9 Å². The predicted molar refractivity (Wildman–Crippen MR) is 71.8 cm³/mol. The second kappa shape index (κ2) is 6.07. The van der Waals surface area contributed by atoms with Gasteiger partial charge in [-0.3, -0.25) is 4.98 Å². The largest absolute Gasteiger partial charge is 0.392 e. The SMILES string of the molecule is OC(Cc1ccccn1)Cc1cc(F)ccc1Br. The molecule has 1 N–H and O–H groups in total. The Labute approximate surface area is 114 Å². The summed E-state index contributed by atoms with van der Waals surface area (Å²) in [6.07, 6.45) is 1.98. The Morgan fingerprint density at radius 1 is 1.22 bits per heavy atom. The molecular weight excluding hydrogens is 297 g/mol. The molecule has 0 fully saturated rings. The van der Waals surface area contributed by atoms with Crippen LogP contribution >= 0.6 is 15.9 Å². The van der Waals surface area contributed by atoms with Crippen LogP contribution in [-0.4, -0.2) is 16.2 Å². The quantitative estimate of drug-likeness (QED) is 0.941. The van der Waals surface area contributed by atoms with Crippen molar-refractivity contribution in [2.75, 3.05) is 0 Å². The number of hydrogen-bond donors (Lipinski definition) is 1. The highest BCUT2D eigenvalue weighted by atomic mass is 79.9. The van der Waals surface area contributed by atoms with Crippen molar-refractivity contribution in [3.8, 4) is 0 Å². The minimum atomic E-state index is -0.571. The molecule has 1 aromatic carbocycles. The fourth-order valence-electron chi connectivity index (χ4n) is 1.79. The third kappa shape index (κ3) is 3.62. The summed E-state index contributed by atoms with van der Waals surface area (Å²) >= 11 is 3.35. The molecule has 2 aromatic rings. The third-order valence-electron chi connectivity index (χ3n) is 2.63. The van der Waals surface area contributed by atoms with Gasteiger partial charge in [-0.1, -0.05) is 22.0 Å². The summed E-state index contributed by atoms with van der Waals surface area (Å²) in [5.74, 6) is -0.293. The Hall–Kier alpha value is -1.26. The van der Waals surface area contributed by atoms with Crippen molar-refractivity contribution in [3.63, 3.8) is 0 Å². The molecule has 0 saturated heterocycles. The molecule has 2 nitrogen and oxygen atoms in total. The van der Waals surface area contributed by atoms with Gasteiger partial charge in [-0.25, -0.2) is 4.39 Å². The van der Waals surface area contributed by atoms with Crippen molar-refractivity contribution < 1.29 is 9.50 Å². The van der Waals surface area contributed by atoms with Crippen LogP contribution < -0.4 is 0 Å². The first-order valence-corrected chi connectivity index (χ1v) is 6.46. The normalized spacial score (nSPS) is 12.4. The molecular formula is C14H13BrFNO. The highest BCUT2D eigenvalue weighted by molar-refractivity contribution is 9.10. The summed E-state index contributed by atoms with van der Waals surface area (Å²) in [6.45, 7) is 0. The molecule has 0 aliphatic carbocycles. The van der Waals surface area contributed by atoms with E-state index in [-0.39, 0.29) is 5.82 Å². The van der Waals surface area contributed by atoms with Gasteiger partial charge in [-0.2, -0.15) is 0 Å². The van der Waals surface area contributed by atoms with Crippen LogP contribution in [0.25, 0.3) is 0 Å². The lowest BCUT2D eigenvalue weighted by molar-refractivity contribution is 0.174. The van der Waals surface area contributed by atoms with Crippen molar-refractivity contribution in [2.24, 2.45) is 0 Å². The zero-order chi connectivity index (χ0) is 13.0. The molecule has 4 heteroatoms. The molecule has 0 bridgehead atoms. The zero-order valence-electron chi connectivity index (χ0n) is 9.68. The minimum absolute atomic E-state index is 0.293. The van der Waals surface area contributed by atoms with E-state index < -0.39 is 6.10 Å². The van der Waals surface area contributed by atoms with E-state index in [1.165, 1.54) is 12.1 Å². The van der Waals surface area contributed by atoms with Gasteiger partial charge >= 0.3 is 0 Å². The molecule has 1 heterocycles. The number of nitrogens with zero attached hydrogens (tertiary/aromatic N) is 1. The molecule has 18 heavy (non-hydrogen) atoms. The van der Waals surface area contributed by atoms with Crippen molar-refractivity contribution in [2.45, 2.75) is 18.9 Å². The summed E-state index contributed by atoms with van der Waals surface area (Å²) in [5, 5.41) is 9.99. The first kappa shape index (κ1) is 13.2. The summed E-state index contributed by atoms with van der Waals surface area (Å²) in [6, 6.07) is 10.1. The van der Waals surface area contributed by atoms with E-state index in [0.717, 1.165) is 15.7 Å². The van der Waals surface area contributed by atoms with Gasteiger partial charge in [0.05, 0.1) is 6.10 Å². The summed E-state index contributed by atoms with van der Waals surface area (Å²) in [5.41, 5.74) is 1.59. The molecule has 2 rings (SSSR count). The number of halogens is 2. The van der Waals surface area contributed by atoms with Crippen LogP contribution in [0, 0.1) is 5.82 Å². The Morgan fingerprint density at radius 2 is 2.06 bits per heavy atom. The van der Waals surface area contributed by atoms with Crippen LogP contribution in [0.4, 0.5) is 4.39 Å². The van der Waals surface area contributed by atoms with Crippen LogP contribution in [-0.2, 0) is 12.8 Å². The molecule has 94 valence electrons. The molecule has 0 aliphatic rings. The lowest BCUT2D eigenvalue weighted by Gasteiger charge is -2.11. The van der Waals surface area contributed by atoms with Crippen molar-refractivity contribution in [1.82, 2.24) is 4.98 Å². The van der Waals surface area contributed by atoms with Crippen molar-refractivity contribution in [3.05, 3.63) is 64.1 Å². The maximum Gasteiger partial charge on any atom is 0.123 e. The van der Waals surface area contributed by atoms with Crippen LogP contribution in [0.3, 0.4) is 0 Å². The van der Waals surface area contributed by atoms with Crippen LogP contribution in [0.2, 0.25) is 0 Å². The second-order valence-corrected chi connectivity index (χ2v) is 4.97. The molecule has 0 spiro atoms. The molecule has 1 unspecified atom stereocenters. The van der Waals surface area contributed by atoms with Crippen LogP contribution in [0.15, 0.2) is 47.1 Å². The van der Waals surface area contributed by atoms with E-state index in [9.17, 15) is 9.50 Å². The van der Waals surface area contributed by atoms with E-state index in [4.69, 9.17) is 0 Å². The van der Waals surface area contributed by atoms with E-state index in [1.54, 1.807) is 12.3 Å². The van der Waals surface area contributed by atoms with E-state index in [0.29, 0.717) is 12.8 Å². The zero-order valence-corrected chi connectivity index (χ0v) is 11.3.